The molecule has 8 heteroatoms. The molecule has 0 aliphatic carbocycles. The minimum Gasteiger partial charge on any atom is -0.347 e. The van der Waals surface area contributed by atoms with Crippen LogP contribution in [-0.2, 0) is 11.3 Å². The minimum atomic E-state index is 0.159. The van der Waals surface area contributed by atoms with Gasteiger partial charge >= 0.3 is 0 Å². The monoisotopic (exact) mass is 452 g/mol. The highest BCUT2D eigenvalue weighted by Gasteiger charge is 2.28. The van der Waals surface area contributed by atoms with Crippen molar-refractivity contribution in [2.45, 2.75) is 38.6 Å². The standard InChI is InChI=1S/C24H29ClN6O/c1-17-10-13-31(28-17)14-11-22(32)30-12-4-5-19(16-30)23-21(15-26-24(27-23)29(2)3)18-6-8-20(25)9-7-18/h6-10,13,15,19H,4-5,11-12,14,16H2,1-3H3. The summed E-state index contributed by atoms with van der Waals surface area (Å²) in [7, 11) is 3.88. The zero-order chi connectivity index (χ0) is 22.7. The van der Waals surface area contributed by atoms with E-state index in [4.69, 9.17) is 16.6 Å². The molecule has 32 heavy (non-hydrogen) atoms. The van der Waals surface area contributed by atoms with E-state index in [9.17, 15) is 4.79 Å². The van der Waals surface area contributed by atoms with Crippen molar-refractivity contribution < 1.29 is 4.79 Å². The molecule has 3 heterocycles. The van der Waals surface area contributed by atoms with E-state index in [-0.39, 0.29) is 11.8 Å². The van der Waals surface area contributed by atoms with Crippen LogP contribution >= 0.6 is 11.6 Å². The molecule has 1 saturated heterocycles. The summed E-state index contributed by atoms with van der Waals surface area (Å²) in [4.78, 5) is 26.3. The molecule has 3 aromatic rings. The lowest BCUT2D eigenvalue weighted by molar-refractivity contribution is -0.132. The summed E-state index contributed by atoms with van der Waals surface area (Å²) in [6, 6.07) is 9.72. The topological polar surface area (TPSA) is 67.2 Å². The first kappa shape index (κ1) is 22.3. The van der Waals surface area contributed by atoms with Crippen LogP contribution in [0.15, 0.2) is 42.7 Å². The highest BCUT2D eigenvalue weighted by molar-refractivity contribution is 6.30. The van der Waals surface area contributed by atoms with Crippen LogP contribution in [0.2, 0.25) is 5.02 Å². The van der Waals surface area contributed by atoms with Gasteiger partial charge in [0, 0.05) is 69.0 Å². The quantitative estimate of drug-likeness (QED) is 0.561. The molecule has 1 aromatic carbocycles. The number of aryl methyl sites for hydroxylation is 2. The Labute approximate surface area is 194 Å². The maximum absolute atomic E-state index is 13.0. The first-order chi connectivity index (χ1) is 15.4. The summed E-state index contributed by atoms with van der Waals surface area (Å²) in [5, 5.41) is 5.08. The van der Waals surface area contributed by atoms with E-state index in [1.807, 2.05) is 78.2 Å². The summed E-state index contributed by atoms with van der Waals surface area (Å²) >= 11 is 6.10. The Morgan fingerprint density at radius 1 is 1.22 bits per heavy atom. The fourth-order valence-electron chi connectivity index (χ4n) is 4.15. The molecule has 0 N–H and O–H groups in total. The zero-order valence-electron chi connectivity index (χ0n) is 18.8. The normalized spacial score (nSPS) is 16.2. The highest BCUT2D eigenvalue weighted by Crippen LogP contribution is 2.34. The Balaban J connectivity index is 1.55. The average Bonchev–Trinajstić information content (AvgIpc) is 3.22. The van der Waals surface area contributed by atoms with Crippen molar-refractivity contribution in [3.05, 3.63) is 59.1 Å². The summed E-state index contributed by atoms with van der Waals surface area (Å²) in [6.07, 6.45) is 6.21. The van der Waals surface area contributed by atoms with Gasteiger partial charge in [0.2, 0.25) is 11.9 Å². The minimum absolute atomic E-state index is 0.159. The largest absolute Gasteiger partial charge is 0.347 e. The second-order valence-electron chi connectivity index (χ2n) is 8.52. The van der Waals surface area contributed by atoms with Crippen molar-refractivity contribution >= 4 is 23.5 Å². The predicted molar refractivity (Wildman–Crippen MR) is 127 cm³/mol. The Bertz CT molecular complexity index is 1080. The van der Waals surface area contributed by atoms with Gasteiger partial charge in [0.25, 0.3) is 0 Å². The van der Waals surface area contributed by atoms with Crippen molar-refractivity contribution in [2.24, 2.45) is 0 Å². The number of aromatic nitrogens is 4. The third kappa shape index (κ3) is 5.10. The third-order valence-electron chi connectivity index (χ3n) is 5.85. The van der Waals surface area contributed by atoms with Crippen molar-refractivity contribution in [1.29, 1.82) is 0 Å². The molecule has 0 bridgehead atoms. The van der Waals surface area contributed by atoms with Gasteiger partial charge in [0.1, 0.15) is 0 Å². The molecule has 1 aliphatic rings. The molecule has 1 fully saturated rings. The second-order valence-corrected chi connectivity index (χ2v) is 8.96. The maximum Gasteiger partial charge on any atom is 0.225 e. The second kappa shape index (κ2) is 9.69. The van der Waals surface area contributed by atoms with Crippen LogP contribution in [0.1, 0.15) is 36.6 Å². The number of nitrogens with zero attached hydrogens (tertiary/aromatic N) is 6. The fraction of sp³-hybridized carbons (Fsp3) is 0.417. The molecule has 4 rings (SSSR count). The van der Waals surface area contributed by atoms with Gasteiger partial charge < -0.3 is 9.80 Å². The van der Waals surface area contributed by atoms with E-state index in [1.165, 1.54) is 0 Å². The summed E-state index contributed by atoms with van der Waals surface area (Å²) in [5.74, 6) is 1.00. The molecule has 1 unspecified atom stereocenters. The molecule has 1 atom stereocenters. The highest BCUT2D eigenvalue weighted by atomic mass is 35.5. The van der Waals surface area contributed by atoms with Crippen LogP contribution in [0.25, 0.3) is 11.1 Å². The van der Waals surface area contributed by atoms with Crippen molar-refractivity contribution in [3.63, 3.8) is 0 Å². The van der Waals surface area contributed by atoms with E-state index >= 15 is 0 Å². The molecule has 0 radical (unpaired) electrons. The van der Waals surface area contributed by atoms with Crippen LogP contribution in [-0.4, -0.2) is 57.7 Å². The number of halogens is 1. The predicted octanol–water partition coefficient (Wildman–Crippen LogP) is 4.16. The lowest BCUT2D eigenvalue weighted by Crippen LogP contribution is -2.39. The number of likely N-dealkylation sites (tertiary alicyclic amines) is 1. The molecule has 1 amide bonds. The van der Waals surface area contributed by atoms with Crippen LogP contribution in [0.4, 0.5) is 5.95 Å². The molecular weight excluding hydrogens is 424 g/mol. The fourth-order valence-corrected chi connectivity index (χ4v) is 4.27. The van der Waals surface area contributed by atoms with Gasteiger partial charge in [0.05, 0.1) is 11.4 Å². The Hall–Kier alpha value is -2.93. The Kier molecular flexibility index (Phi) is 6.74. The van der Waals surface area contributed by atoms with Gasteiger partial charge in [-0.3, -0.25) is 9.48 Å². The summed E-state index contributed by atoms with van der Waals surface area (Å²) in [5.41, 5.74) is 3.99. The first-order valence-electron chi connectivity index (χ1n) is 11.0. The summed E-state index contributed by atoms with van der Waals surface area (Å²) < 4.78 is 1.83. The smallest absolute Gasteiger partial charge is 0.225 e. The van der Waals surface area contributed by atoms with E-state index < -0.39 is 0 Å². The third-order valence-corrected chi connectivity index (χ3v) is 6.10. The average molecular weight is 453 g/mol. The van der Waals surface area contributed by atoms with E-state index in [0.717, 1.165) is 41.9 Å². The summed E-state index contributed by atoms with van der Waals surface area (Å²) in [6.45, 7) is 4.01. The lowest BCUT2D eigenvalue weighted by Gasteiger charge is -2.33. The van der Waals surface area contributed by atoms with Gasteiger partial charge in [-0.2, -0.15) is 5.10 Å². The molecule has 2 aromatic heterocycles. The number of anilines is 1. The number of rotatable bonds is 6. The number of carbonyl (C=O) groups excluding carboxylic acids is 1. The number of benzene rings is 1. The van der Waals surface area contributed by atoms with E-state index in [0.29, 0.717) is 30.5 Å². The molecule has 0 spiro atoms. The van der Waals surface area contributed by atoms with E-state index in [1.54, 1.807) is 0 Å². The number of amides is 1. The van der Waals surface area contributed by atoms with Gasteiger partial charge in [-0.05, 0) is 43.5 Å². The molecular formula is C24H29ClN6O. The van der Waals surface area contributed by atoms with E-state index in [2.05, 4.69) is 10.1 Å². The maximum atomic E-state index is 13.0. The van der Waals surface area contributed by atoms with Gasteiger partial charge in [-0.1, -0.05) is 23.7 Å². The van der Waals surface area contributed by atoms with Crippen LogP contribution in [0, 0.1) is 6.92 Å². The Morgan fingerprint density at radius 2 is 2.00 bits per heavy atom. The lowest BCUT2D eigenvalue weighted by atomic mass is 9.89. The molecule has 7 nitrogen and oxygen atoms in total. The molecule has 0 saturated carbocycles. The van der Waals surface area contributed by atoms with Crippen molar-refractivity contribution in [1.82, 2.24) is 24.6 Å². The van der Waals surface area contributed by atoms with Gasteiger partial charge in [-0.15, -0.1) is 0 Å². The first-order valence-corrected chi connectivity index (χ1v) is 11.4. The van der Waals surface area contributed by atoms with Crippen LogP contribution in [0.3, 0.4) is 0 Å². The zero-order valence-corrected chi connectivity index (χ0v) is 19.6. The van der Waals surface area contributed by atoms with Crippen molar-refractivity contribution in [3.8, 4) is 11.1 Å². The molecule has 168 valence electrons. The molecule has 1 aliphatic heterocycles. The van der Waals surface area contributed by atoms with Gasteiger partial charge in [-0.25, -0.2) is 9.97 Å². The van der Waals surface area contributed by atoms with Crippen LogP contribution in [0.5, 0.6) is 0 Å². The SMILES string of the molecule is Cc1ccn(CCC(=O)N2CCCC(c3nc(N(C)C)ncc3-c3ccc(Cl)cc3)C2)n1. The number of hydrogen-bond acceptors (Lipinski definition) is 5. The van der Waals surface area contributed by atoms with Crippen LogP contribution < -0.4 is 4.90 Å². The number of piperidine rings is 1. The Morgan fingerprint density at radius 3 is 2.69 bits per heavy atom. The van der Waals surface area contributed by atoms with Crippen molar-refractivity contribution in [2.75, 3.05) is 32.1 Å². The van der Waals surface area contributed by atoms with Gasteiger partial charge in [0.15, 0.2) is 0 Å². The number of hydrogen-bond donors (Lipinski definition) is 0. The number of carbonyl (C=O) groups is 1.